The molecule has 1 aliphatic carbocycles. The lowest BCUT2D eigenvalue weighted by atomic mass is 10.0. The van der Waals surface area contributed by atoms with Crippen LogP contribution >= 0.6 is 0 Å². The number of nitrogens with zero attached hydrogens (tertiary/aromatic N) is 1. The molecule has 0 spiro atoms. The molecule has 2 aliphatic rings. The molecule has 140 valence electrons. The molecule has 3 rings (SSSR count). The molecule has 0 aromatic heterocycles. The number of hydrogen-bond donors (Lipinski definition) is 2. The number of rotatable bonds is 8. The highest BCUT2D eigenvalue weighted by Crippen LogP contribution is 2.18. The Morgan fingerprint density at radius 3 is 2.36 bits per heavy atom. The first kappa shape index (κ1) is 18.8. The molecule has 6 heteroatoms. The molecule has 25 heavy (non-hydrogen) atoms. The lowest BCUT2D eigenvalue weighted by molar-refractivity contribution is 0.163. The summed E-state index contributed by atoms with van der Waals surface area (Å²) in [6, 6.07) is 10.7. The second-order valence-electron chi connectivity index (χ2n) is 7.39. The zero-order valence-electron chi connectivity index (χ0n) is 15.0. The Kier molecular flexibility index (Phi) is 6.87. The van der Waals surface area contributed by atoms with Crippen LogP contribution in [0, 0.1) is 0 Å². The Bertz CT molecular complexity index is 609. The second-order valence-corrected chi connectivity index (χ2v) is 8.92. The van der Waals surface area contributed by atoms with Crippen LogP contribution in [0.1, 0.15) is 50.5 Å². The molecule has 1 unspecified atom stereocenters. The quantitative estimate of drug-likeness (QED) is 0.744. The van der Waals surface area contributed by atoms with Crippen LogP contribution in [-0.4, -0.2) is 45.0 Å². The molecule has 1 atom stereocenters. The van der Waals surface area contributed by atoms with Gasteiger partial charge in [0.2, 0.25) is 0 Å². The van der Waals surface area contributed by atoms with E-state index < -0.39 is 10.2 Å². The van der Waals surface area contributed by atoms with Crippen LogP contribution in [0.3, 0.4) is 0 Å². The maximum atomic E-state index is 12.4. The summed E-state index contributed by atoms with van der Waals surface area (Å²) in [6.07, 6.45) is 8.74. The summed E-state index contributed by atoms with van der Waals surface area (Å²) in [7, 11) is -3.42. The number of piperidine rings is 1. The van der Waals surface area contributed by atoms with Gasteiger partial charge in [-0.3, -0.25) is 4.90 Å². The van der Waals surface area contributed by atoms with Crippen LogP contribution in [-0.2, 0) is 16.6 Å². The smallest absolute Gasteiger partial charge is 0.277 e. The van der Waals surface area contributed by atoms with Gasteiger partial charge < -0.3 is 0 Å². The number of benzene rings is 1. The lowest BCUT2D eigenvalue weighted by Crippen LogP contribution is -2.50. The summed E-state index contributed by atoms with van der Waals surface area (Å²) in [5, 5.41) is 0. The molecule has 0 bridgehead atoms. The molecule has 1 aromatic rings. The van der Waals surface area contributed by atoms with E-state index in [0.717, 1.165) is 45.2 Å². The Morgan fingerprint density at radius 1 is 1.00 bits per heavy atom. The molecule has 0 amide bonds. The van der Waals surface area contributed by atoms with Crippen molar-refractivity contribution < 1.29 is 8.42 Å². The van der Waals surface area contributed by atoms with E-state index in [9.17, 15) is 8.42 Å². The van der Waals surface area contributed by atoms with E-state index in [4.69, 9.17) is 0 Å². The van der Waals surface area contributed by atoms with Crippen LogP contribution < -0.4 is 9.44 Å². The van der Waals surface area contributed by atoms with Crippen LogP contribution in [0.25, 0.3) is 0 Å². The van der Waals surface area contributed by atoms with Gasteiger partial charge in [-0.2, -0.15) is 13.1 Å². The number of likely N-dealkylation sites (tertiary alicyclic amines) is 1. The summed E-state index contributed by atoms with van der Waals surface area (Å²) in [4.78, 5) is 2.45. The minimum absolute atomic E-state index is 0.111. The van der Waals surface area contributed by atoms with Crippen molar-refractivity contribution in [3.8, 4) is 0 Å². The first-order valence-corrected chi connectivity index (χ1v) is 11.2. The monoisotopic (exact) mass is 365 g/mol. The Labute approximate surface area is 152 Å². The highest BCUT2D eigenvalue weighted by Gasteiger charge is 2.25. The van der Waals surface area contributed by atoms with E-state index in [-0.39, 0.29) is 12.1 Å². The minimum atomic E-state index is -3.42. The van der Waals surface area contributed by atoms with Crippen molar-refractivity contribution >= 4 is 10.2 Å². The summed E-state index contributed by atoms with van der Waals surface area (Å²) >= 11 is 0. The van der Waals surface area contributed by atoms with E-state index in [1.165, 1.54) is 24.8 Å². The molecule has 1 heterocycles. The van der Waals surface area contributed by atoms with E-state index in [2.05, 4.69) is 38.6 Å². The molecule has 1 saturated heterocycles. The fraction of sp³-hybridized carbons (Fsp3) is 0.684. The van der Waals surface area contributed by atoms with Crippen LogP contribution in [0.15, 0.2) is 30.3 Å². The molecule has 2 fully saturated rings. The van der Waals surface area contributed by atoms with Crippen molar-refractivity contribution in [3.05, 3.63) is 35.9 Å². The van der Waals surface area contributed by atoms with Crippen molar-refractivity contribution in [2.24, 2.45) is 0 Å². The highest BCUT2D eigenvalue weighted by atomic mass is 32.2. The van der Waals surface area contributed by atoms with Crippen molar-refractivity contribution in [2.45, 2.75) is 63.5 Å². The summed E-state index contributed by atoms with van der Waals surface area (Å²) in [6.45, 7) is 2.60. The fourth-order valence-electron chi connectivity index (χ4n) is 4.01. The van der Waals surface area contributed by atoms with Crippen LogP contribution in [0.5, 0.6) is 0 Å². The summed E-state index contributed by atoms with van der Waals surface area (Å²) < 4.78 is 30.4. The van der Waals surface area contributed by atoms with E-state index in [1.807, 2.05) is 6.07 Å². The minimum Gasteiger partial charge on any atom is -0.299 e. The van der Waals surface area contributed by atoms with Gasteiger partial charge in [0.15, 0.2) is 0 Å². The van der Waals surface area contributed by atoms with Gasteiger partial charge >= 0.3 is 0 Å². The molecule has 1 saturated carbocycles. The van der Waals surface area contributed by atoms with Gasteiger partial charge in [-0.05, 0) is 50.8 Å². The fourth-order valence-corrected chi connectivity index (χ4v) is 5.18. The average Bonchev–Trinajstić information content (AvgIpc) is 3.12. The third-order valence-electron chi connectivity index (χ3n) is 5.41. The number of hydrogen-bond acceptors (Lipinski definition) is 3. The van der Waals surface area contributed by atoms with Crippen molar-refractivity contribution in [3.63, 3.8) is 0 Å². The lowest BCUT2D eigenvalue weighted by Gasteiger charge is -2.35. The van der Waals surface area contributed by atoms with E-state index in [0.29, 0.717) is 6.54 Å². The van der Waals surface area contributed by atoms with Gasteiger partial charge in [-0.1, -0.05) is 49.6 Å². The summed E-state index contributed by atoms with van der Waals surface area (Å²) in [5.41, 5.74) is 1.26. The molecule has 2 N–H and O–H groups in total. The van der Waals surface area contributed by atoms with E-state index in [1.54, 1.807) is 0 Å². The maximum Gasteiger partial charge on any atom is 0.277 e. The van der Waals surface area contributed by atoms with Gasteiger partial charge in [-0.25, -0.2) is 4.72 Å². The Morgan fingerprint density at radius 2 is 1.68 bits per heavy atom. The average molecular weight is 366 g/mol. The van der Waals surface area contributed by atoms with Crippen molar-refractivity contribution in [1.82, 2.24) is 14.3 Å². The summed E-state index contributed by atoms with van der Waals surface area (Å²) in [5.74, 6) is 0. The SMILES string of the molecule is O=S(=O)(NCC(Cc1ccccc1)N1CCCCC1)NC1CCCC1. The van der Waals surface area contributed by atoms with Crippen molar-refractivity contribution in [1.29, 1.82) is 0 Å². The first-order chi connectivity index (χ1) is 12.1. The Hall–Kier alpha value is -0.950. The number of nitrogens with one attached hydrogen (secondary N) is 2. The van der Waals surface area contributed by atoms with Crippen molar-refractivity contribution in [2.75, 3.05) is 19.6 Å². The van der Waals surface area contributed by atoms with Crippen LogP contribution in [0.2, 0.25) is 0 Å². The maximum absolute atomic E-state index is 12.4. The molecule has 5 nitrogen and oxygen atoms in total. The Balaban J connectivity index is 1.60. The molecular formula is C19H31N3O2S. The predicted octanol–water partition coefficient (Wildman–Crippen LogP) is 2.45. The molecular weight excluding hydrogens is 334 g/mol. The second kappa shape index (κ2) is 9.12. The first-order valence-electron chi connectivity index (χ1n) is 9.67. The third kappa shape index (κ3) is 6.06. The highest BCUT2D eigenvalue weighted by molar-refractivity contribution is 7.87. The largest absolute Gasteiger partial charge is 0.299 e. The third-order valence-corrected chi connectivity index (χ3v) is 6.60. The van der Waals surface area contributed by atoms with Gasteiger partial charge in [0.05, 0.1) is 0 Å². The predicted molar refractivity (Wildman–Crippen MR) is 102 cm³/mol. The topological polar surface area (TPSA) is 61.4 Å². The molecule has 1 aromatic carbocycles. The van der Waals surface area contributed by atoms with Gasteiger partial charge in [0.25, 0.3) is 10.2 Å². The van der Waals surface area contributed by atoms with Crippen LogP contribution in [0.4, 0.5) is 0 Å². The zero-order valence-corrected chi connectivity index (χ0v) is 15.8. The zero-order chi connectivity index (χ0) is 17.5. The van der Waals surface area contributed by atoms with Gasteiger partial charge in [-0.15, -0.1) is 0 Å². The normalized spacial score (nSPS) is 21.4. The molecule has 1 aliphatic heterocycles. The molecule has 0 radical (unpaired) electrons. The van der Waals surface area contributed by atoms with Gasteiger partial charge in [0.1, 0.15) is 0 Å². The standard InChI is InChI=1S/C19H31N3O2S/c23-25(24,21-18-11-5-6-12-18)20-16-19(22-13-7-2-8-14-22)15-17-9-3-1-4-10-17/h1,3-4,9-10,18-21H,2,5-8,11-16H2. The van der Waals surface area contributed by atoms with Gasteiger partial charge in [0, 0.05) is 18.6 Å². The van der Waals surface area contributed by atoms with E-state index >= 15 is 0 Å².